The van der Waals surface area contributed by atoms with E-state index in [1.165, 1.54) is 44.5 Å². The molecule has 1 rings (SSSR count). The molecule has 0 radical (unpaired) electrons. The standard InChI is InChI=1S/C19H33NO2/c1-5-10-18(14-19(16-21-4)22-6-2)13-17(3)15-20-11-8-7-9-12-20/h5,10,14,17H,1,6-9,11-13,15-16H2,2-4H3/b18-10-,19-14+. The zero-order valence-electron chi connectivity index (χ0n) is 14.6. The highest BCUT2D eigenvalue weighted by atomic mass is 16.5. The van der Waals surface area contributed by atoms with Crippen molar-refractivity contribution < 1.29 is 9.47 Å². The van der Waals surface area contributed by atoms with Crippen LogP contribution in [0.5, 0.6) is 0 Å². The van der Waals surface area contributed by atoms with Gasteiger partial charge in [-0.2, -0.15) is 0 Å². The molecule has 0 saturated carbocycles. The third-order valence-electron chi connectivity index (χ3n) is 3.90. The highest BCUT2D eigenvalue weighted by molar-refractivity contribution is 5.25. The second-order valence-electron chi connectivity index (χ2n) is 6.12. The molecule has 0 aliphatic carbocycles. The number of nitrogens with zero attached hydrogens (tertiary/aromatic N) is 1. The van der Waals surface area contributed by atoms with E-state index in [4.69, 9.17) is 9.47 Å². The largest absolute Gasteiger partial charge is 0.496 e. The van der Waals surface area contributed by atoms with Crippen LogP contribution in [0.4, 0.5) is 0 Å². The van der Waals surface area contributed by atoms with Crippen molar-refractivity contribution in [1.29, 1.82) is 0 Å². The van der Waals surface area contributed by atoms with Crippen molar-refractivity contribution in [2.75, 3.05) is 40.0 Å². The summed E-state index contributed by atoms with van der Waals surface area (Å²) < 4.78 is 10.8. The van der Waals surface area contributed by atoms with Gasteiger partial charge < -0.3 is 14.4 Å². The van der Waals surface area contributed by atoms with Crippen molar-refractivity contribution >= 4 is 0 Å². The Hall–Kier alpha value is -1.06. The predicted molar refractivity (Wildman–Crippen MR) is 93.9 cm³/mol. The Balaban J connectivity index is 2.59. The summed E-state index contributed by atoms with van der Waals surface area (Å²) >= 11 is 0. The first-order valence-electron chi connectivity index (χ1n) is 8.55. The lowest BCUT2D eigenvalue weighted by molar-refractivity contribution is 0.137. The fourth-order valence-electron chi connectivity index (χ4n) is 3.04. The molecule has 1 unspecified atom stereocenters. The van der Waals surface area contributed by atoms with E-state index in [0.717, 1.165) is 12.2 Å². The Morgan fingerprint density at radius 2 is 2.00 bits per heavy atom. The van der Waals surface area contributed by atoms with E-state index in [1.807, 2.05) is 13.0 Å². The summed E-state index contributed by atoms with van der Waals surface area (Å²) in [5, 5.41) is 0. The number of piperidine rings is 1. The van der Waals surface area contributed by atoms with Gasteiger partial charge in [0.15, 0.2) is 0 Å². The van der Waals surface area contributed by atoms with Crippen LogP contribution in [-0.4, -0.2) is 44.9 Å². The third-order valence-corrected chi connectivity index (χ3v) is 3.90. The van der Waals surface area contributed by atoms with Crippen LogP contribution < -0.4 is 0 Å². The van der Waals surface area contributed by atoms with Gasteiger partial charge in [0.1, 0.15) is 12.4 Å². The van der Waals surface area contributed by atoms with Crippen LogP contribution >= 0.6 is 0 Å². The van der Waals surface area contributed by atoms with Crippen LogP contribution in [0.15, 0.2) is 36.1 Å². The molecule has 3 nitrogen and oxygen atoms in total. The van der Waals surface area contributed by atoms with Crippen molar-refractivity contribution in [3.8, 4) is 0 Å². The first-order valence-corrected chi connectivity index (χ1v) is 8.55. The lowest BCUT2D eigenvalue weighted by Gasteiger charge is -2.29. The average Bonchev–Trinajstić information content (AvgIpc) is 2.49. The quantitative estimate of drug-likeness (QED) is 0.446. The van der Waals surface area contributed by atoms with Crippen LogP contribution in [0.3, 0.4) is 0 Å². The van der Waals surface area contributed by atoms with Crippen LogP contribution in [-0.2, 0) is 9.47 Å². The molecule has 3 heteroatoms. The van der Waals surface area contributed by atoms with Crippen molar-refractivity contribution in [3.05, 3.63) is 36.1 Å². The van der Waals surface area contributed by atoms with Crippen molar-refractivity contribution in [1.82, 2.24) is 4.90 Å². The van der Waals surface area contributed by atoms with E-state index in [1.54, 1.807) is 7.11 Å². The number of methoxy groups -OCH3 is 1. The minimum absolute atomic E-state index is 0.517. The fourth-order valence-corrected chi connectivity index (χ4v) is 3.04. The van der Waals surface area contributed by atoms with Gasteiger partial charge in [0.05, 0.1) is 6.61 Å². The number of likely N-dealkylation sites (tertiary alicyclic amines) is 1. The van der Waals surface area contributed by atoms with Gasteiger partial charge >= 0.3 is 0 Å². The third kappa shape index (κ3) is 7.81. The minimum atomic E-state index is 0.517. The highest BCUT2D eigenvalue weighted by Crippen LogP contribution is 2.19. The SMILES string of the molecule is C=C/C=C(\C=C(/COC)OCC)CC(C)CN1CCCCC1. The zero-order valence-corrected chi connectivity index (χ0v) is 14.6. The second-order valence-corrected chi connectivity index (χ2v) is 6.12. The summed E-state index contributed by atoms with van der Waals surface area (Å²) in [5.41, 5.74) is 1.26. The number of rotatable bonds is 10. The van der Waals surface area contributed by atoms with E-state index in [9.17, 15) is 0 Å². The van der Waals surface area contributed by atoms with Gasteiger partial charge in [-0.05, 0) is 56.8 Å². The van der Waals surface area contributed by atoms with Gasteiger partial charge in [-0.3, -0.25) is 0 Å². The normalized spacial score (nSPS) is 19.0. The van der Waals surface area contributed by atoms with Crippen LogP contribution in [0.1, 0.15) is 39.5 Å². The fraction of sp³-hybridized carbons (Fsp3) is 0.684. The summed E-state index contributed by atoms with van der Waals surface area (Å²) in [4.78, 5) is 2.60. The molecule has 1 aliphatic heterocycles. The molecular formula is C19H33NO2. The Kier molecular flexibility index (Phi) is 9.93. The smallest absolute Gasteiger partial charge is 0.122 e. The monoisotopic (exact) mass is 307 g/mol. The molecule has 1 aliphatic rings. The summed E-state index contributed by atoms with van der Waals surface area (Å²) in [6.07, 6.45) is 11.2. The Labute approximate surface area is 136 Å². The molecular weight excluding hydrogens is 274 g/mol. The molecule has 1 atom stereocenters. The molecule has 0 aromatic carbocycles. The Morgan fingerprint density at radius 3 is 2.59 bits per heavy atom. The predicted octanol–water partition coefficient (Wildman–Crippen LogP) is 4.18. The maximum atomic E-state index is 5.64. The van der Waals surface area contributed by atoms with Crippen LogP contribution in [0.25, 0.3) is 0 Å². The second kappa shape index (κ2) is 11.5. The van der Waals surface area contributed by atoms with Gasteiger partial charge in [0.25, 0.3) is 0 Å². The van der Waals surface area contributed by atoms with Crippen molar-refractivity contribution in [3.63, 3.8) is 0 Å². The first-order chi connectivity index (χ1) is 10.7. The summed E-state index contributed by atoms with van der Waals surface area (Å²) in [6, 6.07) is 0. The summed E-state index contributed by atoms with van der Waals surface area (Å²) in [5.74, 6) is 1.52. The first kappa shape index (κ1) is 19.0. The topological polar surface area (TPSA) is 21.7 Å². The minimum Gasteiger partial charge on any atom is -0.496 e. The number of ether oxygens (including phenoxy) is 2. The highest BCUT2D eigenvalue weighted by Gasteiger charge is 2.14. The molecule has 0 amide bonds. The van der Waals surface area contributed by atoms with Gasteiger partial charge in [-0.1, -0.05) is 32.1 Å². The van der Waals surface area contributed by atoms with E-state index >= 15 is 0 Å². The summed E-state index contributed by atoms with van der Waals surface area (Å²) in [6.45, 7) is 13.0. The lowest BCUT2D eigenvalue weighted by Crippen LogP contribution is -2.33. The van der Waals surface area contributed by atoms with Gasteiger partial charge in [0.2, 0.25) is 0 Å². The maximum Gasteiger partial charge on any atom is 0.122 e. The van der Waals surface area contributed by atoms with Crippen LogP contribution in [0, 0.1) is 5.92 Å². The van der Waals surface area contributed by atoms with E-state index in [0.29, 0.717) is 19.1 Å². The van der Waals surface area contributed by atoms with E-state index in [2.05, 4.69) is 30.6 Å². The number of hydrogen-bond acceptors (Lipinski definition) is 3. The molecule has 1 fully saturated rings. The summed E-state index contributed by atoms with van der Waals surface area (Å²) in [7, 11) is 1.70. The van der Waals surface area contributed by atoms with Gasteiger partial charge in [-0.25, -0.2) is 0 Å². The van der Waals surface area contributed by atoms with E-state index in [-0.39, 0.29) is 0 Å². The molecule has 0 N–H and O–H groups in total. The molecule has 0 aromatic heterocycles. The van der Waals surface area contributed by atoms with Crippen molar-refractivity contribution in [2.24, 2.45) is 5.92 Å². The molecule has 0 aromatic rings. The van der Waals surface area contributed by atoms with Gasteiger partial charge in [-0.15, -0.1) is 0 Å². The number of allylic oxidation sites excluding steroid dienone is 4. The van der Waals surface area contributed by atoms with Crippen molar-refractivity contribution in [2.45, 2.75) is 39.5 Å². The lowest BCUT2D eigenvalue weighted by atomic mass is 9.98. The molecule has 22 heavy (non-hydrogen) atoms. The average molecular weight is 307 g/mol. The maximum absolute atomic E-state index is 5.64. The molecule has 0 spiro atoms. The Morgan fingerprint density at radius 1 is 1.27 bits per heavy atom. The van der Waals surface area contributed by atoms with Crippen LogP contribution in [0.2, 0.25) is 0 Å². The molecule has 1 saturated heterocycles. The molecule has 1 heterocycles. The van der Waals surface area contributed by atoms with Gasteiger partial charge in [0, 0.05) is 13.7 Å². The zero-order chi connectivity index (χ0) is 16.2. The Bertz CT molecular complexity index is 360. The molecule has 126 valence electrons. The number of hydrogen-bond donors (Lipinski definition) is 0. The molecule has 0 bridgehead atoms. The van der Waals surface area contributed by atoms with E-state index < -0.39 is 0 Å².